The minimum Gasteiger partial charge on any atom is -0.322 e. The van der Waals surface area contributed by atoms with Crippen molar-refractivity contribution in [2.75, 3.05) is 5.32 Å². The van der Waals surface area contributed by atoms with Gasteiger partial charge in [0.25, 0.3) is 11.8 Å². The van der Waals surface area contributed by atoms with Gasteiger partial charge in [0.15, 0.2) is 0 Å². The van der Waals surface area contributed by atoms with Gasteiger partial charge in [-0.2, -0.15) is 5.10 Å². The van der Waals surface area contributed by atoms with Crippen molar-refractivity contribution in [2.24, 2.45) is 5.10 Å². The van der Waals surface area contributed by atoms with Crippen molar-refractivity contribution < 1.29 is 14.0 Å². The summed E-state index contributed by atoms with van der Waals surface area (Å²) in [5, 5.41) is 6.62. The van der Waals surface area contributed by atoms with Crippen molar-refractivity contribution in [1.29, 1.82) is 0 Å². The molecule has 28 heavy (non-hydrogen) atoms. The van der Waals surface area contributed by atoms with Gasteiger partial charge in [-0.05, 0) is 66.2 Å². The molecule has 0 bridgehead atoms. The summed E-state index contributed by atoms with van der Waals surface area (Å²) in [6.45, 7) is 0. The first kappa shape index (κ1) is 19.4. The number of rotatable bonds is 5. The minimum absolute atomic E-state index is 0.338. The average molecular weight is 440 g/mol. The Morgan fingerprint density at radius 3 is 2.21 bits per heavy atom. The number of hydrogen-bond acceptors (Lipinski definition) is 3. The Morgan fingerprint density at radius 2 is 1.54 bits per heavy atom. The molecule has 0 aromatic heterocycles. The molecule has 3 aromatic rings. The Hall–Kier alpha value is -3.32. The maximum atomic E-state index is 12.9. The second-order valence-corrected chi connectivity index (χ2v) is 6.71. The number of anilines is 1. The summed E-state index contributed by atoms with van der Waals surface area (Å²) in [5.74, 6) is -1.15. The Labute approximate surface area is 169 Å². The van der Waals surface area contributed by atoms with E-state index in [1.54, 1.807) is 30.5 Å². The molecule has 0 saturated heterocycles. The van der Waals surface area contributed by atoms with Crippen molar-refractivity contribution in [1.82, 2.24) is 5.43 Å². The van der Waals surface area contributed by atoms with Crippen LogP contribution in [0.1, 0.15) is 26.3 Å². The smallest absolute Gasteiger partial charge is 0.271 e. The highest BCUT2D eigenvalue weighted by atomic mass is 79.9. The number of hydrazone groups is 1. The molecule has 3 aromatic carbocycles. The molecule has 0 saturated carbocycles. The zero-order valence-electron chi connectivity index (χ0n) is 14.5. The van der Waals surface area contributed by atoms with Crippen LogP contribution in [-0.4, -0.2) is 18.0 Å². The highest BCUT2D eigenvalue weighted by Crippen LogP contribution is 2.12. The molecule has 2 N–H and O–H groups in total. The molecular formula is C21H15BrFN3O2. The van der Waals surface area contributed by atoms with E-state index in [0.29, 0.717) is 16.8 Å². The minimum atomic E-state index is -0.408. The first-order chi connectivity index (χ1) is 13.5. The maximum absolute atomic E-state index is 12.9. The van der Waals surface area contributed by atoms with Gasteiger partial charge in [-0.1, -0.05) is 28.1 Å². The summed E-state index contributed by atoms with van der Waals surface area (Å²) in [5.41, 5.74) is 4.54. The van der Waals surface area contributed by atoms with Gasteiger partial charge in [-0.25, -0.2) is 9.82 Å². The molecule has 0 aliphatic carbocycles. The predicted molar refractivity (Wildman–Crippen MR) is 110 cm³/mol. The number of nitrogens with one attached hydrogen (secondary N) is 2. The van der Waals surface area contributed by atoms with Gasteiger partial charge in [-0.3, -0.25) is 9.59 Å². The lowest BCUT2D eigenvalue weighted by molar-refractivity contribution is 0.0954. The fraction of sp³-hybridized carbons (Fsp3) is 0. The van der Waals surface area contributed by atoms with Gasteiger partial charge in [0.1, 0.15) is 5.82 Å². The van der Waals surface area contributed by atoms with Gasteiger partial charge in [0.2, 0.25) is 0 Å². The molecule has 0 unspecified atom stereocenters. The average Bonchev–Trinajstić information content (AvgIpc) is 2.69. The molecule has 0 spiro atoms. The number of halogens is 2. The fourth-order valence-corrected chi connectivity index (χ4v) is 2.74. The van der Waals surface area contributed by atoms with Crippen LogP contribution in [0.4, 0.5) is 10.1 Å². The molecule has 0 radical (unpaired) electrons. The molecule has 5 nitrogen and oxygen atoms in total. The molecule has 0 heterocycles. The number of hydrogen-bond donors (Lipinski definition) is 2. The highest BCUT2D eigenvalue weighted by molar-refractivity contribution is 9.10. The van der Waals surface area contributed by atoms with Crippen LogP contribution >= 0.6 is 15.9 Å². The van der Waals surface area contributed by atoms with Crippen LogP contribution in [0.2, 0.25) is 0 Å². The SMILES string of the molecule is O=C(NN=Cc1cccc(Br)c1)c1ccc(NC(=O)c2ccc(F)cc2)cc1. The molecule has 0 aliphatic heterocycles. The lowest BCUT2D eigenvalue weighted by Crippen LogP contribution is -2.17. The Balaban J connectivity index is 1.58. The van der Waals surface area contributed by atoms with Crippen LogP contribution in [0, 0.1) is 5.82 Å². The summed E-state index contributed by atoms with van der Waals surface area (Å²) in [6, 6.07) is 19.1. The van der Waals surface area contributed by atoms with Crippen LogP contribution in [0.15, 0.2) is 82.4 Å². The van der Waals surface area contributed by atoms with Crippen molar-refractivity contribution in [3.05, 3.63) is 99.8 Å². The molecule has 3 rings (SSSR count). The van der Waals surface area contributed by atoms with Crippen molar-refractivity contribution in [3.63, 3.8) is 0 Å². The monoisotopic (exact) mass is 439 g/mol. The molecular weight excluding hydrogens is 425 g/mol. The van der Waals surface area contributed by atoms with E-state index >= 15 is 0 Å². The van der Waals surface area contributed by atoms with E-state index in [4.69, 9.17) is 0 Å². The van der Waals surface area contributed by atoms with Gasteiger partial charge in [0, 0.05) is 21.3 Å². The van der Waals surface area contributed by atoms with E-state index in [1.165, 1.54) is 24.3 Å². The van der Waals surface area contributed by atoms with Crippen molar-refractivity contribution >= 4 is 39.6 Å². The van der Waals surface area contributed by atoms with Crippen molar-refractivity contribution in [2.45, 2.75) is 0 Å². The molecule has 0 atom stereocenters. The summed E-state index contributed by atoms with van der Waals surface area (Å²) < 4.78 is 13.8. The van der Waals surface area contributed by atoms with Crippen LogP contribution in [-0.2, 0) is 0 Å². The summed E-state index contributed by atoms with van der Waals surface area (Å²) in [6.07, 6.45) is 1.54. The topological polar surface area (TPSA) is 70.6 Å². The number of carbonyl (C=O) groups is 2. The second-order valence-electron chi connectivity index (χ2n) is 5.79. The van der Waals surface area contributed by atoms with Crippen molar-refractivity contribution in [3.8, 4) is 0 Å². The molecule has 2 amide bonds. The molecule has 0 fully saturated rings. The fourth-order valence-electron chi connectivity index (χ4n) is 2.33. The van der Waals surface area contributed by atoms with E-state index in [2.05, 4.69) is 31.8 Å². The lowest BCUT2D eigenvalue weighted by atomic mass is 10.1. The zero-order valence-corrected chi connectivity index (χ0v) is 16.1. The second kappa shape index (κ2) is 9.05. The van der Waals surface area contributed by atoms with E-state index in [1.807, 2.05) is 24.3 Å². The standard InChI is InChI=1S/C21H15BrFN3O2/c22-17-3-1-2-14(12-17)13-24-26-21(28)16-6-10-19(11-7-16)25-20(27)15-4-8-18(23)9-5-15/h1-13H,(H,25,27)(H,26,28). The first-order valence-corrected chi connectivity index (χ1v) is 9.06. The largest absolute Gasteiger partial charge is 0.322 e. The number of benzene rings is 3. The third-order valence-electron chi connectivity index (χ3n) is 3.74. The Bertz CT molecular complexity index is 1020. The van der Waals surface area contributed by atoms with E-state index in [-0.39, 0.29) is 11.8 Å². The highest BCUT2D eigenvalue weighted by Gasteiger charge is 2.08. The molecule has 140 valence electrons. The van der Waals surface area contributed by atoms with E-state index < -0.39 is 5.82 Å². The van der Waals surface area contributed by atoms with Gasteiger partial charge < -0.3 is 5.32 Å². The predicted octanol–water partition coefficient (Wildman–Crippen LogP) is 4.60. The molecule has 7 heteroatoms. The van der Waals surface area contributed by atoms with Crippen LogP contribution in [0.3, 0.4) is 0 Å². The summed E-state index contributed by atoms with van der Waals surface area (Å²) in [4.78, 5) is 24.2. The third-order valence-corrected chi connectivity index (χ3v) is 4.23. The van der Waals surface area contributed by atoms with Crippen LogP contribution in [0.5, 0.6) is 0 Å². The number of nitrogens with zero attached hydrogens (tertiary/aromatic N) is 1. The maximum Gasteiger partial charge on any atom is 0.271 e. The van der Waals surface area contributed by atoms with Gasteiger partial charge in [-0.15, -0.1) is 0 Å². The quantitative estimate of drug-likeness (QED) is 0.450. The lowest BCUT2D eigenvalue weighted by Gasteiger charge is -2.06. The Kier molecular flexibility index (Phi) is 6.29. The molecule has 0 aliphatic rings. The first-order valence-electron chi connectivity index (χ1n) is 8.27. The van der Waals surface area contributed by atoms with Gasteiger partial charge in [0.05, 0.1) is 6.21 Å². The Morgan fingerprint density at radius 1 is 0.893 bits per heavy atom. The number of carbonyl (C=O) groups excluding carboxylic acids is 2. The summed E-state index contributed by atoms with van der Waals surface area (Å²) >= 11 is 3.37. The van der Waals surface area contributed by atoms with Crippen LogP contribution < -0.4 is 10.7 Å². The normalized spacial score (nSPS) is 10.6. The number of amides is 2. The van der Waals surface area contributed by atoms with Gasteiger partial charge >= 0.3 is 0 Å². The zero-order chi connectivity index (χ0) is 19.9. The summed E-state index contributed by atoms with van der Waals surface area (Å²) in [7, 11) is 0. The van der Waals surface area contributed by atoms with E-state index in [9.17, 15) is 14.0 Å². The van der Waals surface area contributed by atoms with E-state index in [0.717, 1.165) is 10.0 Å². The van der Waals surface area contributed by atoms with Crippen LogP contribution in [0.25, 0.3) is 0 Å². The third kappa shape index (κ3) is 5.34.